The summed E-state index contributed by atoms with van der Waals surface area (Å²) < 4.78 is 0. The van der Waals surface area contributed by atoms with E-state index in [1.807, 2.05) is 0 Å². The zero-order chi connectivity index (χ0) is 8.10. The molecule has 1 rings (SSSR count). The van der Waals surface area contributed by atoms with Crippen molar-refractivity contribution in [1.29, 1.82) is 0 Å². The van der Waals surface area contributed by atoms with Crippen LogP contribution in [0.1, 0.15) is 29.5 Å². The van der Waals surface area contributed by atoms with Gasteiger partial charge in [-0.25, -0.2) is 9.97 Å². The predicted molar refractivity (Wildman–Crippen MR) is 41.4 cm³/mol. The van der Waals surface area contributed by atoms with E-state index in [2.05, 4.69) is 16.9 Å². The van der Waals surface area contributed by atoms with E-state index < -0.39 is 0 Å². The van der Waals surface area contributed by atoms with Gasteiger partial charge in [0.2, 0.25) is 0 Å². The molecule has 1 aromatic rings. The van der Waals surface area contributed by atoms with Crippen LogP contribution in [0.4, 0.5) is 0 Å². The number of nitrogens with zero attached hydrogens (tertiary/aromatic N) is 2. The highest BCUT2D eigenvalue weighted by Gasteiger charge is 1.94. The second kappa shape index (κ2) is 3.81. The van der Waals surface area contributed by atoms with Gasteiger partial charge in [-0.05, 0) is 12.5 Å². The molecule has 0 radical (unpaired) electrons. The molecule has 0 fully saturated rings. The molecule has 0 bridgehead atoms. The van der Waals surface area contributed by atoms with Crippen LogP contribution in [0.3, 0.4) is 0 Å². The van der Waals surface area contributed by atoms with Gasteiger partial charge in [0.25, 0.3) is 0 Å². The maximum absolute atomic E-state index is 10.3. The molecule has 0 spiro atoms. The minimum absolute atomic E-state index is 0.462. The average Bonchev–Trinajstić information content (AvgIpc) is 2.06. The van der Waals surface area contributed by atoms with Gasteiger partial charge in [0.1, 0.15) is 12.0 Å². The number of aldehydes is 1. The van der Waals surface area contributed by atoms with Gasteiger partial charge in [0.15, 0.2) is 6.29 Å². The van der Waals surface area contributed by atoms with Crippen LogP contribution in [0.15, 0.2) is 12.4 Å². The highest BCUT2D eigenvalue weighted by Crippen LogP contribution is 1.98. The normalized spacial score (nSPS) is 9.55. The molecule has 0 aromatic carbocycles. The summed E-state index contributed by atoms with van der Waals surface area (Å²) in [6.45, 7) is 2.07. The van der Waals surface area contributed by atoms with Crippen molar-refractivity contribution < 1.29 is 4.79 Å². The molecule has 3 heteroatoms. The van der Waals surface area contributed by atoms with Crippen molar-refractivity contribution in [3.05, 3.63) is 23.8 Å². The molecule has 3 nitrogen and oxygen atoms in total. The van der Waals surface area contributed by atoms with Crippen LogP contribution in [0.5, 0.6) is 0 Å². The summed E-state index contributed by atoms with van der Waals surface area (Å²) in [7, 11) is 0. The monoisotopic (exact) mass is 150 g/mol. The molecule has 0 amide bonds. The molecule has 58 valence electrons. The van der Waals surface area contributed by atoms with E-state index in [0.717, 1.165) is 24.8 Å². The van der Waals surface area contributed by atoms with E-state index in [1.165, 1.54) is 6.33 Å². The lowest BCUT2D eigenvalue weighted by Crippen LogP contribution is -1.94. The summed E-state index contributed by atoms with van der Waals surface area (Å²) >= 11 is 0. The molecule has 1 aromatic heterocycles. The summed E-state index contributed by atoms with van der Waals surface area (Å²) in [5, 5.41) is 0. The molecule has 0 aliphatic rings. The molecule has 0 saturated heterocycles. The van der Waals surface area contributed by atoms with Gasteiger partial charge in [0, 0.05) is 5.69 Å². The number of rotatable bonds is 3. The van der Waals surface area contributed by atoms with Gasteiger partial charge in [0.05, 0.1) is 0 Å². The van der Waals surface area contributed by atoms with E-state index in [-0.39, 0.29) is 0 Å². The Morgan fingerprint density at radius 2 is 2.36 bits per heavy atom. The van der Waals surface area contributed by atoms with Gasteiger partial charge >= 0.3 is 0 Å². The highest BCUT2D eigenvalue weighted by atomic mass is 16.1. The number of carbonyl (C=O) groups excluding carboxylic acids is 1. The van der Waals surface area contributed by atoms with E-state index in [9.17, 15) is 4.79 Å². The van der Waals surface area contributed by atoms with Gasteiger partial charge in [-0.3, -0.25) is 4.79 Å². The Balaban J connectivity index is 2.82. The van der Waals surface area contributed by atoms with E-state index in [0.29, 0.717) is 5.69 Å². The van der Waals surface area contributed by atoms with Gasteiger partial charge < -0.3 is 0 Å². The fraction of sp³-hybridized carbons (Fsp3) is 0.375. The first-order valence-corrected chi connectivity index (χ1v) is 3.63. The van der Waals surface area contributed by atoms with Crippen molar-refractivity contribution in [3.8, 4) is 0 Å². The first-order valence-electron chi connectivity index (χ1n) is 3.63. The summed E-state index contributed by atoms with van der Waals surface area (Å²) in [5.74, 6) is 0. The SMILES string of the molecule is CCCc1cc(C=O)ncn1. The maximum atomic E-state index is 10.3. The second-order valence-electron chi connectivity index (χ2n) is 2.30. The number of hydrogen-bond donors (Lipinski definition) is 0. The Hall–Kier alpha value is -1.25. The molecule has 0 aliphatic heterocycles. The molecule has 1 heterocycles. The fourth-order valence-corrected chi connectivity index (χ4v) is 0.872. The maximum Gasteiger partial charge on any atom is 0.168 e. The summed E-state index contributed by atoms with van der Waals surface area (Å²) in [6, 6.07) is 1.72. The van der Waals surface area contributed by atoms with Crippen LogP contribution in [0.25, 0.3) is 0 Å². The first-order chi connectivity index (χ1) is 5.36. The van der Waals surface area contributed by atoms with Crippen LogP contribution in [-0.2, 0) is 6.42 Å². The quantitative estimate of drug-likeness (QED) is 0.609. The van der Waals surface area contributed by atoms with Crippen molar-refractivity contribution in [1.82, 2.24) is 9.97 Å². The third-order valence-corrected chi connectivity index (χ3v) is 1.37. The van der Waals surface area contributed by atoms with E-state index in [4.69, 9.17) is 0 Å². The largest absolute Gasteiger partial charge is 0.296 e. The van der Waals surface area contributed by atoms with E-state index in [1.54, 1.807) is 6.07 Å². The third-order valence-electron chi connectivity index (χ3n) is 1.37. The van der Waals surface area contributed by atoms with Crippen molar-refractivity contribution in [3.63, 3.8) is 0 Å². The minimum atomic E-state index is 0.462. The van der Waals surface area contributed by atoms with Crippen molar-refractivity contribution in [2.24, 2.45) is 0 Å². The van der Waals surface area contributed by atoms with Crippen LogP contribution in [0, 0.1) is 0 Å². The molecule has 0 N–H and O–H groups in total. The van der Waals surface area contributed by atoms with Gasteiger partial charge in [-0.15, -0.1) is 0 Å². The Morgan fingerprint density at radius 3 is 3.00 bits per heavy atom. The average molecular weight is 150 g/mol. The Morgan fingerprint density at radius 1 is 1.55 bits per heavy atom. The zero-order valence-corrected chi connectivity index (χ0v) is 6.45. The van der Waals surface area contributed by atoms with Gasteiger partial charge in [-0.1, -0.05) is 13.3 Å². The van der Waals surface area contributed by atoms with Crippen molar-refractivity contribution in [2.75, 3.05) is 0 Å². The predicted octanol–water partition coefficient (Wildman–Crippen LogP) is 1.24. The van der Waals surface area contributed by atoms with Crippen LogP contribution >= 0.6 is 0 Å². The number of aryl methyl sites for hydroxylation is 1. The number of carbonyl (C=O) groups is 1. The number of aromatic nitrogens is 2. The minimum Gasteiger partial charge on any atom is -0.296 e. The Kier molecular flexibility index (Phi) is 2.72. The van der Waals surface area contributed by atoms with Crippen LogP contribution in [0.2, 0.25) is 0 Å². The second-order valence-corrected chi connectivity index (χ2v) is 2.30. The first kappa shape index (κ1) is 7.85. The molecular weight excluding hydrogens is 140 g/mol. The lowest BCUT2D eigenvalue weighted by Gasteiger charge is -1.95. The van der Waals surface area contributed by atoms with Gasteiger partial charge in [-0.2, -0.15) is 0 Å². The lowest BCUT2D eigenvalue weighted by molar-refractivity contribution is 0.111. The van der Waals surface area contributed by atoms with Crippen LogP contribution in [-0.4, -0.2) is 16.3 Å². The standard InChI is InChI=1S/C8H10N2O/c1-2-3-7-4-8(5-11)10-6-9-7/h4-6H,2-3H2,1H3. The smallest absolute Gasteiger partial charge is 0.168 e. The molecular formula is C8H10N2O. The van der Waals surface area contributed by atoms with Crippen molar-refractivity contribution in [2.45, 2.75) is 19.8 Å². The summed E-state index contributed by atoms with van der Waals surface area (Å²) in [6.07, 6.45) is 4.11. The van der Waals surface area contributed by atoms with Crippen LogP contribution < -0.4 is 0 Å². The van der Waals surface area contributed by atoms with E-state index >= 15 is 0 Å². The summed E-state index contributed by atoms with van der Waals surface area (Å²) in [4.78, 5) is 18.0. The highest BCUT2D eigenvalue weighted by molar-refractivity contribution is 5.71. The zero-order valence-electron chi connectivity index (χ0n) is 6.45. The van der Waals surface area contributed by atoms with Crippen molar-refractivity contribution >= 4 is 6.29 Å². The fourth-order valence-electron chi connectivity index (χ4n) is 0.872. The lowest BCUT2D eigenvalue weighted by atomic mass is 10.2. The Labute approximate surface area is 65.5 Å². The molecule has 0 unspecified atom stereocenters. The molecule has 11 heavy (non-hydrogen) atoms. The Bertz CT molecular complexity index is 248. The topological polar surface area (TPSA) is 42.9 Å². The third kappa shape index (κ3) is 2.11. The number of hydrogen-bond acceptors (Lipinski definition) is 3. The summed E-state index contributed by atoms with van der Waals surface area (Å²) in [5.41, 5.74) is 1.40. The molecule has 0 aliphatic carbocycles. The molecule has 0 saturated carbocycles. The molecule has 0 atom stereocenters.